The van der Waals surface area contributed by atoms with Gasteiger partial charge in [-0.25, -0.2) is 0 Å². The molecule has 0 bridgehead atoms. The van der Waals surface area contributed by atoms with Crippen LogP contribution in [0.5, 0.6) is 0 Å². The average molecular weight is 216 g/mol. The number of benzene rings is 1. The van der Waals surface area contributed by atoms with Crippen molar-refractivity contribution in [2.45, 2.75) is 33.2 Å². The van der Waals surface area contributed by atoms with Gasteiger partial charge in [0, 0.05) is 23.1 Å². The minimum atomic E-state index is 0.236. The molecule has 3 N–H and O–H groups in total. The van der Waals surface area contributed by atoms with Gasteiger partial charge in [-0.05, 0) is 37.0 Å². The summed E-state index contributed by atoms with van der Waals surface area (Å²) in [7, 11) is 0. The maximum absolute atomic E-state index is 6.12. The molecule has 0 aliphatic carbocycles. The second kappa shape index (κ2) is 4.30. The minimum absolute atomic E-state index is 0.236. The van der Waals surface area contributed by atoms with E-state index >= 15 is 0 Å². The highest BCUT2D eigenvalue weighted by molar-refractivity contribution is 5.83. The molecule has 1 heterocycles. The number of nitrogens with one attached hydrogen (secondary N) is 1. The van der Waals surface area contributed by atoms with Gasteiger partial charge in [0.05, 0.1) is 0 Å². The zero-order valence-corrected chi connectivity index (χ0v) is 10.2. The summed E-state index contributed by atoms with van der Waals surface area (Å²) >= 11 is 0. The fourth-order valence-corrected chi connectivity index (χ4v) is 1.95. The quantitative estimate of drug-likeness (QED) is 0.813. The Morgan fingerprint density at radius 1 is 1.31 bits per heavy atom. The number of aromatic nitrogens is 1. The Hall–Kier alpha value is -1.28. The molecule has 1 unspecified atom stereocenters. The lowest BCUT2D eigenvalue weighted by atomic mass is 9.97. The van der Waals surface area contributed by atoms with Crippen LogP contribution in [0.2, 0.25) is 0 Å². The van der Waals surface area contributed by atoms with Crippen LogP contribution in [0, 0.1) is 12.8 Å². The molecule has 1 aromatic carbocycles. The summed E-state index contributed by atoms with van der Waals surface area (Å²) in [4.78, 5) is 3.30. The average Bonchev–Trinajstić information content (AvgIpc) is 2.61. The van der Waals surface area contributed by atoms with Gasteiger partial charge in [-0.3, -0.25) is 0 Å². The molecular weight excluding hydrogens is 196 g/mol. The highest BCUT2D eigenvalue weighted by Gasteiger charge is 2.11. The van der Waals surface area contributed by atoms with Crippen LogP contribution in [0.1, 0.15) is 25.0 Å². The van der Waals surface area contributed by atoms with Gasteiger partial charge in [0.15, 0.2) is 0 Å². The van der Waals surface area contributed by atoms with E-state index in [1.165, 1.54) is 22.0 Å². The van der Waals surface area contributed by atoms with Gasteiger partial charge in [0.2, 0.25) is 0 Å². The standard InChI is InChI=1S/C14H20N2/c1-9(2)13(15)7-11-8-16-14-5-4-10(3)6-12(11)14/h4-6,8-9,13,16H,7,15H2,1-3H3. The molecule has 1 atom stereocenters. The molecule has 0 amide bonds. The molecule has 16 heavy (non-hydrogen) atoms. The Balaban J connectivity index is 2.34. The lowest BCUT2D eigenvalue weighted by Crippen LogP contribution is -2.28. The topological polar surface area (TPSA) is 41.8 Å². The number of rotatable bonds is 3. The van der Waals surface area contributed by atoms with E-state index in [0.717, 1.165) is 6.42 Å². The van der Waals surface area contributed by atoms with Gasteiger partial charge in [-0.15, -0.1) is 0 Å². The second-order valence-corrected chi connectivity index (χ2v) is 4.97. The van der Waals surface area contributed by atoms with Crippen molar-refractivity contribution < 1.29 is 0 Å². The maximum Gasteiger partial charge on any atom is 0.0456 e. The first kappa shape index (κ1) is 11.2. The van der Waals surface area contributed by atoms with Gasteiger partial charge in [-0.2, -0.15) is 0 Å². The Bertz CT molecular complexity index is 482. The van der Waals surface area contributed by atoms with Crippen molar-refractivity contribution in [3.05, 3.63) is 35.5 Å². The number of hydrogen-bond acceptors (Lipinski definition) is 1. The molecule has 0 spiro atoms. The summed E-state index contributed by atoms with van der Waals surface area (Å²) in [6.07, 6.45) is 3.04. The molecular formula is C14H20N2. The third kappa shape index (κ3) is 2.12. The van der Waals surface area contributed by atoms with E-state index in [2.05, 4.69) is 50.2 Å². The smallest absolute Gasteiger partial charge is 0.0456 e. The molecule has 2 aromatic rings. The Morgan fingerprint density at radius 3 is 2.75 bits per heavy atom. The van der Waals surface area contributed by atoms with E-state index in [4.69, 9.17) is 5.73 Å². The van der Waals surface area contributed by atoms with Crippen LogP contribution in [0.4, 0.5) is 0 Å². The SMILES string of the molecule is Cc1ccc2[nH]cc(CC(N)C(C)C)c2c1. The van der Waals surface area contributed by atoms with E-state index in [-0.39, 0.29) is 6.04 Å². The van der Waals surface area contributed by atoms with Crippen LogP contribution in [0.15, 0.2) is 24.4 Å². The molecule has 0 saturated heterocycles. The Labute approximate surface area is 96.9 Å². The normalized spacial score (nSPS) is 13.6. The third-order valence-electron chi connectivity index (χ3n) is 3.23. The number of aromatic amines is 1. The fourth-order valence-electron chi connectivity index (χ4n) is 1.95. The van der Waals surface area contributed by atoms with E-state index in [9.17, 15) is 0 Å². The van der Waals surface area contributed by atoms with Gasteiger partial charge >= 0.3 is 0 Å². The van der Waals surface area contributed by atoms with Crippen LogP contribution in [0.25, 0.3) is 10.9 Å². The van der Waals surface area contributed by atoms with E-state index < -0.39 is 0 Å². The molecule has 1 aromatic heterocycles. The third-order valence-corrected chi connectivity index (χ3v) is 3.23. The molecule has 2 nitrogen and oxygen atoms in total. The van der Waals surface area contributed by atoms with Crippen molar-refractivity contribution in [3.63, 3.8) is 0 Å². The molecule has 2 rings (SSSR count). The highest BCUT2D eigenvalue weighted by atomic mass is 14.7. The summed E-state index contributed by atoms with van der Waals surface area (Å²) in [5.41, 5.74) is 9.96. The molecule has 0 fully saturated rings. The molecule has 0 aliphatic rings. The zero-order valence-electron chi connectivity index (χ0n) is 10.2. The fraction of sp³-hybridized carbons (Fsp3) is 0.429. The van der Waals surface area contributed by atoms with Crippen molar-refractivity contribution in [1.82, 2.24) is 4.98 Å². The first-order valence-corrected chi connectivity index (χ1v) is 5.90. The summed E-state index contributed by atoms with van der Waals surface area (Å²) < 4.78 is 0. The monoisotopic (exact) mass is 216 g/mol. The molecule has 86 valence electrons. The molecule has 0 aliphatic heterocycles. The Morgan fingerprint density at radius 2 is 2.06 bits per heavy atom. The highest BCUT2D eigenvalue weighted by Crippen LogP contribution is 2.21. The van der Waals surface area contributed by atoms with Crippen LogP contribution >= 0.6 is 0 Å². The lowest BCUT2D eigenvalue weighted by molar-refractivity contribution is 0.491. The van der Waals surface area contributed by atoms with Crippen molar-refractivity contribution >= 4 is 10.9 Å². The first-order chi connectivity index (χ1) is 7.58. The van der Waals surface area contributed by atoms with Crippen LogP contribution in [-0.4, -0.2) is 11.0 Å². The number of fused-ring (bicyclic) bond motifs is 1. The van der Waals surface area contributed by atoms with Gasteiger partial charge in [0.1, 0.15) is 0 Å². The van der Waals surface area contributed by atoms with Gasteiger partial charge < -0.3 is 10.7 Å². The van der Waals surface area contributed by atoms with E-state index in [1.807, 2.05) is 0 Å². The summed E-state index contributed by atoms with van der Waals surface area (Å²) in [6, 6.07) is 6.73. The van der Waals surface area contributed by atoms with E-state index in [1.54, 1.807) is 0 Å². The maximum atomic E-state index is 6.12. The minimum Gasteiger partial charge on any atom is -0.361 e. The number of H-pyrrole nitrogens is 1. The van der Waals surface area contributed by atoms with Crippen LogP contribution in [-0.2, 0) is 6.42 Å². The molecule has 0 saturated carbocycles. The lowest BCUT2D eigenvalue weighted by Gasteiger charge is -2.14. The predicted molar refractivity (Wildman–Crippen MR) is 69.6 cm³/mol. The summed E-state index contributed by atoms with van der Waals surface area (Å²) in [5.74, 6) is 0.523. The predicted octanol–water partition coefficient (Wildman–Crippen LogP) is 3.00. The Kier molecular flexibility index (Phi) is 3.01. The number of hydrogen-bond donors (Lipinski definition) is 2. The molecule has 2 heteroatoms. The van der Waals surface area contributed by atoms with Gasteiger partial charge in [0.25, 0.3) is 0 Å². The van der Waals surface area contributed by atoms with Crippen molar-refractivity contribution in [3.8, 4) is 0 Å². The van der Waals surface area contributed by atoms with Crippen molar-refractivity contribution in [2.24, 2.45) is 11.7 Å². The zero-order chi connectivity index (χ0) is 11.7. The summed E-state index contributed by atoms with van der Waals surface area (Å²) in [5, 5.41) is 1.32. The van der Waals surface area contributed by atoms with Crippen molar-refractivity contribution in [1.29, 1.82) is 0 Å². The van der Waals surface area contributed by atoms with E-state index in [0.29, 0.717) is 5.92 Å². The second-order valence-electron chi connectivity index (χ2n) is 4.97. The summed E-state index contributed by atoms with van der Waals surface area (Å²) in [6.45, 7) is 6.47. The van der Waals surface area contributed by atoms with Crippen molar-refractivity contribution in [2.75, 3.05) is 0 Å². The van der Waals surface area contributed by atoms with Crippen LogP contribution in [0.3, 0.4) is 0 Å². The molecule has 0 radical (unpaired) electrons. The number of nitrogens with two attached hydrogens (primary N) is 1. The van der Waals surface area contributed by atoms with Crippen LogP contribution < -0.4 is 5.73 Å². The number of aryl methyl sites for hydroxylation is 1. The first-order valence-electron chi connectivity index (χ1n) is 5.90. The van der Waals surface area contributed by atoms with Gasteiger partial charge in [-0.1, -0.05) is 25.5 Å². The largest absolute Gasteiger partial charge is 0.361 e.